The van der Waals surface area contributed by atoms with Gasteiger partial charge in [-0.15, -0.1) is 0 Å². The minimum absolute atomic E-state index is 0.0158. The van der Waals surface area contributed by atoms with E-state index in [2.05, 4.69) is 4.90 Å². The Morgan fingerprint density at radius 1 is 1.25 bits per heavy atom. The smallest absolute Gasteiger partial charge is 0.260 e. The Hall–Kier alpha value is -1.80. The van der Waals surface area contributed by atoms with Crippen molar-refractivity contribution < 1.29 is 22.7 Å². The Morgan fingerprint density at radius 3 is 2.68 bits per heavy atom. The van der Waals surface area contributed by atoms with Crippen molar-refractivity contribution in [3.8, 4) is 11.5 Å². The van der Waals surface area contributed by atoms with Crippen LogP contribution in [0.3, 0.4) is 0 Å². The summed E-state index contributed by atoms with van der Waals surface area (Å²) in [5.41, 5.74) is 0.852. The number of benzene rings is 1. The average molecular weight is 409 g/mol. The molecule has 1 aromatic carbocycles. The van der Waals surface area contributed by atoms with E-state index in [9.17, 15) is 13.2 Å². The summed E-state index contributed by atoms with van der Waals surface area (Å²) in [6.07, 6.45) is 1.53. The van der Waals surface area contributed by atoms with Crippen molar-refractivity contribution in [3.05, 3.63) is 23.8 Å². The van der Waals surface area contributed by atoms with Gasteiger partial charge >= 0.3 is 0 Å². The Morgan fingerprint density at radius 2 is 2.00 bits per heavy atom. The number of amides is 1. The number of ether oxygens (including phenoxy) is 2. The van der Waals surface area contributed by atoms with E-state index in [0.29, 0.717) is 38.3 Å². The molecule has 3 heterocycles. The van der Waals surface area contributed by atoms with E-state index in [1.165, 1.54) is 0 Å². The SMILES string of the molecule is CC1(C)Cc2cccc(OCC(=O)N3CCN([C@H]4CCS(=O)(=O)C4)CC3)c2O1. The molecule has 0 saturated carbocycles. The minimum atomic E-state index is -2.88. The first kappa shape index (κ1) is 19.5. The molecule has 0 spiro atoms. The van der Waals surface area contributed by atoms with Crippen molar-refractivity contribution in [1.82, 2.24) is 9.80 Å². The molecule has 7 nitrogen and oxygen atoms in total. The lowest BCUT2D eigenvalue weighted by molar-refractivity contribution is -0.135. The van der Waals surface area contributed by atoms with Crippen molar-refractivity contribution in [2.75, 3.05) is 44.3 Å². The van der Waals surface area contributed by atoms with Gasteiger partial charge in [-0.3, -0.25) is 9.69 Å². The summed E-state index contributed by atoms with van der Waals surface area (Å²) in [4.78, 5) is 16.6. The maximum absolute atomic E-state index is 12.6. The highest BCUT2D eigenvalue weighted by Gasteiger charge is 2.35. The first-order valence-corrected chi connectivity index (χ1v) is 11.7. The van der Waals surface area contributed by atoms with Gasteiger partial charge in [0, 0.05) is 44.2 Å². The van der Waals surface area contributed by atoms with E-state index in [0.717, 1.165) is 17.7 Å². The first-order valence-electron chi connectivity index (χ1n) is 9.88. The van der Waals surface area contributed by atoms with Crippen molar-refractivity contribution in [1.29, 1.82) is 0 Å². The number of carbonyl (C=O) groups excluding carboxylic acids is 1. The fourth-order valence-corrected chi connectivity index (χ4v) is 6.09. The standard InChI is InChI=1S/C20H28N2O5S/c1-20(2)12-15-4-3-5-17(19(15)27-20)26-13-18(23)22-9-7-21(8-10-22)16-6-11-28(24,25)14-16/h3-5,16H,6-14H2,1-2H3/t16-/m0/s1. The van der Waals surface area contributed by atoms with Gasteiger partial charge in [-0.25, -0.2) is 8.42 Å². The molecule has 1 atom stereocenters. The zero-order chi connectivity index (χ0) is 19.9. The van der Waals surface area contributed by atoms with Crippen LogP contribution in [0.15, 0.2) is 18.2 Å². The van der Waals surface area contributed by atoms with Crippen molar-refractivity contribution in [2.24, 2.45) is 0 Å². The quantitative estimate of drug-likeness (QED) is 0.743. The highest BCUT2D eigenvalue weighted by atomic mass is 32.2. The van der Waals surface area contributed by atoms with Gasteiger partial charge in [0.05, 0.1) is 11.5 Å². The fraction of sp³-hybridized carbons (Fsp3) is 0.650. The number of hydrogen-bond donors (Lipinski definition) is 0. The van der Waals surface area contributed by atoms with E-state index in [-0.39, 0.29) is 35.7 Å². The van der Waals surface area contributed by atoms with Gasteiger partial charge < -0.3 is 14.4 Å². The van der Waals surface area contributed by atoms with E-state index >= 15 is 0 Å². The molecule has 28 heavy (non-hydrogen) atoms. The second-order valence-electron chi connectivity index (χ2n) is 8.55. The van der Waals surface area contributed by atoms with E-state index in [4.69, 9.17) is 9.47 Å². The molecule has 0 N–H and O–H groups in total. The second kappa shape index (κ2) is 7.22. The van der Waals surface area contributed by atoms with E-state index < -0.39 is 9.84 Å². The number of sulfone groups is 1. The summed E-state index contributed by atoms with van der Waals surface area (Å²) in [6.45, 7) is 6.70. The van der Waals surface area contributed by atoms with Gasteiger partial charge in [-0.1, -0.05) is 12.1 Å². The molecule has 2 saturated heterocycles. The van der Waals surface area contributed by atoms with Gasteiger partial charge in [-0.2, -0.15) is 0 Å². The summed E-state index contributed by atoms with van der Waals surface area (Å²) in [7, 11) is -2.88. The molecule has 0 unspecified atom stereocenters. The topological polar surface area (TPSA) is 76.2 Å². The maximum atomic E-state index is 12.6. The monoisotopic (exact) mass is 408 g/mol. The highest BCUT2D eigenvalue weighted by Crippen LogP contribution is 2.41. The zero-order valence-corrected chi connectivity index (χ0v) is 17.3. The number of para-hydroxylation sites is 1. The minimum Gasteiger partial charge on any atom is -0.483 e. The van der Waals surface area contributed by atoms with E-state index in [1.807, 2.05) is 32.0 Å². The Bertz CT molecular complexity index is 859. The lowest BCUT2D eigenvalue weighted by Crippen LogP contribution is -2.53. The largest absolute Gasteiger partial charge is 0.483 e. The summed E-state index contributed by atoms with van der Waals surface area (Å²) in [5.74, 6) is 1.84. The number of carbonyl (C=O) groups is 1. The molecule has 0 bridgehead atoms. The Labute approximate surface area is 166 Å². The van der Waals surface area contributed by atoms with Gasteiger partial charge in [0.1, 0.15) is 5.60 Å². The van der Waals surface area contributed by atoms with Gasteiger partial charge in [0.15, 0.2) is 27.9 Å². The molecule has 3 aliphatic rings. The van der Waals surface area contributed by atoms with Gasteiger partial charge in [0.25, 0.3) is 5.91 Å². The lowest BCUT2D eigenvalue weighted by Gasteiger charge is -2.37. The highest BCUT2D eigenvalue weighted by molar-refractivity contribution is 7.91. The van der Waals surface area contributed by atoms with Gasteiger partial charge in [0.2, 0.25) is 0 Å². The molecule has 4 rings (SSSR count). The van der Waals surface area contributed by atoms with Crippen molar-refractivity contribution in [3.63, 3.8) is 0 Å². The average Bonchev–Trinajstić information content (AvgIpc) is 3.17. The summed E-state index contributed by atoms with van der Waals surface area (Å²) < 4.78 is 35.1. The number of hydrogen-bond acceptors (Lipinski definition) is 6. The van der Waals surface area contributed by atoms with Crippen LogP contribution < -0.4 is 9.47 Å². The molecule has 1 aromatic rings. The number of rotatable bonds is 4. The third kappa shape index (κ3) is 4.12. The normalized spacial score (nSPS) is 25.9. The molecule has 2 fully saturated rings. The maximum Gasteiger partial charge on any atom is 0.260 e. The van der Waals surface area contributed by atoms with Crippen LogP contribution in [0.1, 0.15) is 25.8 Å². The molecular formula is C20H28N2O5S. The van der Waals surface area contributed by atoms with E-state index in [1.54, 1.807) is 4.90 Å². The number of piperazine rings is 1. The summed E-state index contributed by atoms with van der Waals surface area (Å²) in [6, 6.07) is 5.90. The molecule has 0 aliphatic carbocycles. The molecule has 0 radical (unpaired) electrons. The van der Waals surface area contributed by atoms with Crippen LogP contribution in [-0.4, -0.2) is 80.1 Å². The lowest BCUT2D eigenvalue weighted by atomic mass is 10.0. The molecule has 0 aromatic heterocycles. The third-order valence-corrected chi connectivity index (χ3v) is 7.55. The zero-order valence-electron chi connectivity index (χ0n) is 16.5. The summed E-state index contributed by atoms with van der Waals surface area (Å²) in [5, 5.41) is 0. The predicted octanol–water partition coefficient (Wildman–Crippen LogP) is 1.11. The third-order valence-electron chi connectivity index (χ3n) is 5.80. The van der Waals surface area contributed by atoms with Crippen LogP contribution in [0.5, 0.6) is 11.5 Å². The molecular weight excluding hydrogens is 380 g/mol. The molecule has 3 aliphatic heterocycles. The van der Waals surface area contributed by atoms with Crippen LogP contribution in [0.2, 0.25) is 0 Å². The summed E-state index contributed by atoms with van der Waals surface area (Å²) >= 11 is 0. The van der Waals surface area contributed by atoms with Crippen LogP contribution >= 0.6 is 0 Å². The van der Waals surface area contributed by atoms with Crippen LogP contribution in [-0.2, 0) is 21.1 Å². The van der Waals surface area contributed by atoms with Crippen LogP contribution in [0, 0.1) is 0 Å². The van der Waals surface area contributed by atoms with Crippen LogP contribution in [0.25, 0.3) is 0 Å². The first-order chi connectivity index (χ1) is 13.2. The number of fused-ring (bicyclic) bond motifs is 1. The molecule has 1 amide bonds. The Balaban J connectivity index is 1.29. The Kier molecular flexibility index (Phi) is 5.03. The van der Waals surface area contributed by atoms with Crippen LogP contribution in [0.4, 0.5) is 0 Å². The molecule has 8 heteroatoms. The van der Waals surface area contributed by atoms with Crippen molar-refractivity contribution in [2.45, 2.75) is 38.3 Å². The predicted molar refractivity (Wildman–Crippen MR) is 106 cm³/mol. The fourth-order valence-electron chi connectivity index (χ4n) is 4.33. The second-order valence-corrected chi connectivity index (χ2v) is 10.8. The van der Waals surface area contributed by atoms with Crippen molar-refractivity contribution >= 4 is 15.7 Å². The number of nitrogens with zero attached hydrogens (tertiary/aromatic N) is 2. The van der Waals surface area contributed by atoms with Gasteiger partial charge in [-0.05, 0) is 26.3 Å². The molecule has 154 valence electrons.